The second-order valence-corrected chi connectivity index (χ2v) is 8.60. The van der Waals surface area contributed by atoms with Crippen LogP contribution in [0.2, 0.25) is 10.0 Å². The lowest BCUT2D eigenvalue weighted by molar-refractivity contribution is -0.0436. The number of anilines is 1. The van der Waals surface area contributed by atoms with Crippen LogP contribution in [0, 0.1) is 0 Å². The van der Waals surface area contributed by atoms with Crippen molar-refractivity contribution in [2.75, 3.05) is 5.32 Å². The molecule has 0 aliphatic carbocycles. The normalized spacial score (nSPS) is 12.2. The lowest BCUT2D eigenvalue weighted by atomic mass is 10.0. The summed E-state index contributed by atoms with van der Waals surface area (Å²) in [5.41, 5.74) is -5.84. The topological polar surface area (TPSA) is 83.5 Å². The van der Waals surface area contributed by atoms with Crippen LogP contribution < -0.4 is 5.32 Å². The molecule has 152 valence electrons. The van der Waals surface area contributed by atoms with Gasteiger partial charge in [-0.25, -0.2) is 8.42 Å². The molecule has 1 amide bonds. The van der Waals surface area contributed by atoms with E-state index in [0.29, 0.717) is 22.9 Å². The summed E-state index contributed by atoms with van der Waals surface area (Å²) in [4.78, 5) is 11.5. The summed E-state index contributed by atoms with van der Waals surface area (Å²) in [7, 11) is -5.59. The van der Waals surface area contributed by atoms with E-state index >= 15 is 0 Å². The van der Waals surface area contributed by atoms with Gasteiger partial charge in [0, 0.05) is 15.8 Å². The van der Waals surface area contributed by atoms with Gasteiger partial charge in [0.25, 0.3) is 15.7 Å². The molecule has 0 unspecified atom stereocenters. The molecule has 0 spiro atoms. The number of fused-ring (bicyclic) bond motifs is 1. The predicted octanol–water partition coefficient (Wildman–Crippen LogP) is 5.40. The molecule has 3 rings (SSSR count). The van der Waals surface area contributed by atoms with Crippen molar-refractivity contribution in [3.8, 4) is 5.75 Å². The smallest absolute Gasteiger partial charge is 0.501 e. The maximum Gasteiger partial charge on any atom is 0.501 e. The lowest BCUT2D eigenvalue weighted by Crippen LogP contribution is -2.23. The largest absolute Gasteiger partial charge is 0.506 e. The molecule has 0 bridgehead atoms. The third-order valence-corrected chi connectivity index (χ3v) is 6.12. The van der Waals surface area contributed by atoms with E-state index in [-0.39, 0.29) is 22.0 Å². The van der Waals surface area contributed by atoms with Gasteiger partial charge < -0.3 is 10.4 Å². The van der Waals surface area contributed by atoms with E-state index in [1.165, 1.54) is 6.07 Å². The zero-order chi connectivity index (χ0) is 21.6. The summed E-state index contributed by atoms with van der Waals surface area (Å²) in [5.74, 6) is -1.20. The highest BCUT2D eigenvalue weighted by Gasteiger charge is 2.47. The van der Waals surface area contributed by atoms with Crippen LogP contribution in [0.4, 0.5) is 18.9 Å². The Bertz CT molecular complexity index is 1240. The molecule has 2 N–H and O–H groups in total. The van der Waals surface area contributed by atoms with Crippen LogP contribution in [0.5, 0.6) is 5.75 Å². The van der Waals surface area contributed by atoms with Crippen LogP contribution in [0.1, 0.15) is 10.4 Å². The molecule has 0 aliphatic heterocycles. The lowest BCUT2D eigenvalue weighted by Gasteiger charge is -2.13. The fourth-order valence-corrected chi connectivity index (χ4v) is 3.93. The number of rotatable bonds is 3. The second kappa shape index (κ2) is 7.40. The first-order valence-electron chi connectivity index (χ1n) is 7.76. The molecule has 0 aliphatic rings. The van der Waals surface area contributed by atoms with Crippen molar-refractivity contribution in [2.24, 2.45) is 0 Å². The highest BCUT2D eigenvalue weighted by molar-refractivity contribution is 7.92. The molecular formula is C18H10Cl2F3NO4S. The highest BCUT2D eigenvalue weighted by atomic mass is 35.5. The van der Waals surface area contributed by atoms with E-state index in [0.717, 1.165) is 6.07 Å². The van der Waals surface area contributed by atoms with E-state index in [1.54, 1.807) is 24.3 Å². The Kier molecular flexibility index (Phi) is 5.42. The number of sulfone groups is 1. The minimum Gasteiger partial charge on any atom is -0.506 e. The van der Waals surface area contributed by atoms with Gasteiger partial charge in [-0.2, -0.15) is 13.2 Å². The Labute approximate surface area is 172 Å². The van der Waals surface area contributed by atoms with E-state index in [1.807, 2.05) is 0 Å². The number of alkyl halides is 3. The van der Waals surface area contributed by atoms with Crippen LogP contribution in [0.3, 0.4) is 0 Å². The standard InChI is InChI=1S/C18H10Cl2F3NO4S/c19-13-8-12(16(25)11-4-2-1-3-10(11)13)17(26)24-15-6-5-9(7-14(15)20)29(27,28)18(21,22)23/h1-8,25H,(H,24,26). The Morgan fingerprint density at radius 1 is 0.966 bits per heavy atom. The fraction of sp³-hybridized carbons (Fsp3) is 0.0556. The van der Waals surface area contributed by atoms with Crippen molar-refractivity contribution >= 4 is 55.4 Å². The van der Waals surface area contributed by atoms with E-state index in [9.17, 15) is 31.5 Å². The van der Waals surface area contributed by atoms with E-state index in [4.69, 9.17) is 23.2 Å². The fourth-order valence-electron chi connectivity index (χ4n) is 2.58. The molecule has 3 aromatic rings. The monoisotopic (exact) mass is 463 g/mol. The van der Waals surface area contributed by atoms with Gasteiger partial charge in [0.2, 0.25) is 0 Å². The predicted molar refractivity (Wildman–Crippen MR) is 103 cm³/mol. The summed E-state index contributed by atoms with van der Waals surface area (Å²) >= 11 is 12.0. The molecule has 0 radical (unpaired) electrons. The van der Waals surface area contributed by atoms with Gasteiger partial charge in [-0.05, 0) is 24.3 Å². The van der Waals surface area contributed by atoms with Crippen LogP contribution in [0.15, 0.2) is 53.4 Å². The number of phenolic OH excluding ortho intramolecular Hbond substituents is 1. The average molecular weight is 464 g/mol. The number of halogens is 5. The number of carbonyl (C=O) groups excluding carboxylic acids is 1. The quantitative estimate of drug-likeness (QED) is 0.544. The number of carbonyl (C=O) groups is 1. The molecule has 3 aromatic carbocycles. The van der Waals surface area contributed by atoms with Crippen molar-refractivity contribution in [1.29, 1.82) is 0 Å². The number of amides is 1. The Balaban J connectivity index is 1.96. The Morgan fingerprint density at radius 3 is 2.17 bits per heavy atom. The number of nitrogens with one attached hydrogen (secondary N) is 1. The third-order valence-electron chi connectivity index (χ3n) is 4.01. The van der Waals surface area contributed by atoms with Crippen LogP contribution in [-0.2, 0) is 9.84 Å². The molecular weight excluding hydrogens is 454 g/mol. The molecule has 0 saturated heterocycles. The first kappa shape index (κ1) is 21.2. The average Bonchev–Trinajstić information content (AvgIpc) is 2.65. The van der Waals surface area contributed by atoms with E-state index in [2.05, 4.69) is 5.32 Å². The van der Waals surface area contributed by atoms with Crippen molar-refractivity contribution in [1.82, 2.24) is 0 Å². The third kappa shape index (κ3) is 3.85. The summed E-state index contributed by atoms with van der Waals surface area (Å²) in [6.07, 6.45) is 0. The van der Waals surface area contributed by atoms with Crippen LogP contribution >= 0.6 is 23.2 Å². The molecule has 0 aromatic heterocycles. The summed E-state index contributed by atoms with van der Waals surface area (Å²) in [6, 6.07) is 9.92. The first-order chi connectivity index (χ1) is 13.4. The molecule has 29 heavy (non-hydrogen) atoms. The number of hydrogen-bond donors (Lipinski definition) is 2. The van der Waals surface area contributed by atoms with Gasteiger partial charge in [-0.3, -0.25) is 4.79 Å². The summed E-state index contributed by atoms with van der Waals surface area (Å²) in [5, 5.41) is 13.3. The van der Waals surface area contributed by atoms with Gasteiger partial charge in [-0.15, -0.1) is 0 Å². The van der Waals surface area contributed by atoms with Crippen molar-refractivity contribution in [2.45, 2.75) is 10.4 Å². The summed E-state index contributed by atoms with van der Waals surface area (Å²) in [6.45, 7) is 0. The van der Waals surface area contributed by atoms with Gasteiger partial charge >= 0.3 is 5.51 Å². The van der Waals surface area contributed by atoms with Gasteiger partial charge in [0.15, 0.2) is 0 Å². The van der Waals surface area contributed by atoms with Crippen molar-refractivity contribution in [3.63, 3.8) is 0 Å². The van der Waals surface area contributed by atoms with Gasteiger partial charge in [-0.1, -0.05) is 47.5 Å². The van der Waals surface area contributed by atoms with E-state index < -0.39 is 31.2 Å². The molecule has 0 saturated carbocycles. The highest BCUT2D eigenvalue weighted by Crippen LogP contribution is 2.36. The van der Waals surface area contributed by atoms with Gasteiger partial charge in [0.1, 0.15) is 5.75 Å². The number of aromatic hydroxyl groups is 1. The second-order valence-electron chi connectivity index (χ2n) is 5.85. The zero-order valence-corrected chi connectivity index (χ0v) is 16.4. The number of benzene rings is 3. The molecule has 5 nitrogen and oxygen atoms in total. The van der Waals surface area contributed by atoms with Crippen molar-refractivity contribution in [3.05, 3.63) is 64.1 Å². The number of phenols is 1. The Morgan fingerprint density at radius 2 is 1.59 bits per heavy atom. The minimum atomic E-state index is -5.59. The molecule has 11 heteroatoms. The van der Waals surface area contributed by atoms with Crippen molar-refractivity contribution < 1.29 is 31.5 Å². The maximum atomic E-state index is 12.7. The zero-order valence-electron chi connectivity index (χ0n) is 14.1. The first-order valence-corrected chi connectivity index (χ1v) is 10.00. The maximum absolute atomic E-state index is 12.7. The molecule has 0 atom stereocenters. The SMILES string of the molecule is O=C(Nc1ccc(S(=O)(=O)C(F)(F)F)cc1Cl)c1cc(Cl)c2ccccc2c1O. The van der Waals surface area contributed by atoms with Crippen LogP contribution in [-0.4, -0.2) is 24.9 Å². The summed E-state index contributed by atoms with van der Waals surface area (Å²) < 4.78 is 60.9. The van der Waals surface area contributed by atoms with Crippen LogP contribution in [0.25, 0.3) is 10.8 Å². The number of hydrogen-bond acceptors (Lipinski definition) is 4. The minimum absolute atomic E-state index is 0.151. The molecule has 0 heterocycles. The Hall–Kier alpha value is -2.49. The molecule has 0 fully saturated rings. The van der Waals surface area contributed by atoms with Gasteiger partial charge in [0.05, 0.1) is 21.2 Å².